The standard InChI is InChI=1S/C25H28S/c1-20-12-6-3-11-17-24-19-18-23(21(2)25(24)26-20)16-10-5-9-15-22-13-7-4-8-14-22/h3-4,6-8,11-14,18-19H,1,5,9-10,15-17H2,2H3/b11-3-,12-6-. The van der Waals surface area contributed by atoms with Crippen molar-refractivity contribution in [3.05, 3.63) is 101 Å². The molecule has 0 atom stereocenters. The SMILES string of the molecule is C=C1/C=C\C=C/Cc2ccc(CCCCCc3ccccc3)c(C)c2S1. The summed E-state index contributed by atoms with van der Waals surface area (Å²) < 4.78 is 0. The molecular formula is C25H28S. The Morgan fingerprint density at radius 3 is 2.58 bits per heavy atom. The van der Waals surface area contributed by atoms with E-state index in [1.165, 1.54) is 59.3 Å². The largest absolute Gasteiger partial charge is 0.0901 e. The van der Waals surface area contributed by atoms with Crippen LogP contribution in [0.25, 0.3) is 0 Å². The van der Waals surface area contributed by atoms with Gasteiger partial charge in [-0.15, -0.1) is 0 Å². The zero-order valence-electron chi connectivity index (χ0n) is 15.7. The number of fused-ring (bicyclic) bond motifs is 1. The highest BCUT2D eigenvalue weighted by atomic mass is 32.2. The van der Waals surface area contributed by atoms with Crippen molar-refractivity contribution in [1.82, 2.24) is 0 Å². The minimum atomic E-state index is 0.998. The lowest BCUT2D eigenvalue weighted by Crippen LogP contribution is -1.97. The maximum atomic E-state index is 4.18. The number of aryl methyl sites for hydroxylation is 2. The molecule has 2 aromatic rings. The molecule has 0 amide bonds. The van der Waals surface area contributed by atoms with Crippen LogP contribution in [0.2, 0.25) is 0 Å². The van der Waals surface area contributed by atoms with E-state index in [0.717, 1.165) is 11.3 Å². The molecule has 0 bridgehead atoms. The van der Waals surface area contributed by atoms with Crippen LogP contribution >= 0.6 is 11.8 Å². The van der Waals surface area contributed by atoms with Gasteiger partial charge in [0.25, 0.3) is 0 Å². The van der Waals surface area contributed by atoms with Crippen molar-refractivity contribution in [2.45, 2.75) is 50.3 Å². The lowest BCUT2D eigenvalue weighted by atomic mass is 9.97. The Kier molecular flexibility index (Phi) is 6.96. The van der Waals surface area contributed by atoms with Gasteiger partial charge < -0.3 is 0 Å². The Labute approximate surface area is 162 Å². The van der Waals surface area contributed by atoms with Gasteiger partial charge in [-0.05, 0) is 67.4 Å². The lowest BCUT2D eigenvalue weighted by molar-refractivity contribution is 0.676. The minimum absolute atomic E-state index is 0.998. The van der Waals surface area contributed by atoms with Crippen molar-refractivity contribution in [2.75, 3.05) is 0 Å². The molecule has 0 aliphatic carbocycles. The van der Waals surface area contributed by atoms with Crippen LogP contribution in [-0.2, 0) is 19.3 Å². The van der Waals surface area contributed by atoms with Gasteiger partial charge in [-0.3, -0.25) is 0 Å². The van der Waals surface area contributed by atoms with E-state index in [9.17, 15) is 0 Å². The molecule has 134 valence electrons. The molecule has 1 aliphatic heterocycles. The van der Waals surface area contributed by atoms with E-state index < -0.39 is 0 Å². The summed E-state index contributed by atoms with van der Waals surface area (Å²) in [6.07, 6.45) is 15.7. The van der Waals surface area contributed by atoms with Crippen LogP contribution in [0, 0.1) is 6.92 Å². The second-order valence-electron chi connectivity index (χ2n) is 6.94. The summed E-state index contributed by atoms with van der Waals surface area (Å²) in [7, 11) is 0. The van der Waals surface area contributed by atoms with Crippen molar-refractivity contribution in [3.63, 3.8) is 0 Å². The molecule has 0 aromatic heterocycles. The van der Waals surface area contributed by atoms with E-state index >= 15 is 0 Å². The van der Waals surface area contributed by atoms with Crippen LogP contribution in [0.15, 0.2) is 83.1 Å². The third-order valence-corrected chi connectivity index (χ3v) is 6.13. The number of hydrogen-bond acceptors (Lipinski definition) is 1. The first-order chi connectivity index (χ1) is 12.7. The van der Waals surface area contributed by atoms with Gasteiger partial charge in [0.05, 0.1) is 0 Å². The highest BCUT2D eigenvalue weighted by Crippen LogP contribution is 2.35. The van der Waals surface area contributed by atoms with Gasteiger partial charge in [-0.2, -0.15) is 0 Å². The van der Waals surface area contributed by atoms with E-state index in [4.69, 9.17) is 0 Å². The number of unbranched alkanes of at least 4 members (excludes halogenated alkanes) is 2. The van der Waals surface area contributed by atoms with Gasteiger partial charge in [-0.25, -0.2) is 0 Å². The Balaban J connectivity index is 1.58. The van der Waals surface area contributed by atoms with Crippen molar-refractivity contribution >= 4 is 11.8 Å². The molecule has 0 saturated carbocycles. The predicted octanol–water partition coefficient (Wildman–Crippen LogP) is 7.22. The summed E-state index contributed by atoms with van der Waals surface area (Å²) >= 11 is 1.82. The van der Waals surface area contributed by atoms with E-state index in [-0.39, 0.29) is 0 Å². The first kappa shape index (κ1) is 18.8. The van der Waals surface area contributed by atoms with Gasteiger partial charge in [-0.1, -0.05) is 85.5 Å². The molecule has 0 radical (unpaired) electrons. The Hall–Kier alpha value is -1.99. The van der Waals surface area contributed by atoms with Gasteiger partial charge in [0.15, 0.2) is 0 Å². The predicted molar refractivity (Wildman–Crippen MR) is 116 cm³/mol. The van der Waals surface area contributed by atoms with Crippen LogP contribution in [0.3, 0.4) is 0 Å². The third-order valence-electron chi connectivity index (χ3n) is 4.95. The smallest absolute Gasteiger partial charge is 0.0189 e. The van der Waals surface area contributed by atoms with Crippen LogP contribution in [0.5, 0.6) is 0 Å². The molecule has 0 spiro atoms. The molecule has 0 N–H and O–H groups in total. The number of rotatable bonds is 6. The number of hydrogen-bond donors (Lipinski definition) is 0. The van der Waals surface area contributed by atoms with Gasteiger partial charge in [0.2, 0.25) is 0 Å². The first-order valence-corrected chi connectivity index (χ1v) is 10.4. The Bertz CT molecular complexity index is 796. The van der Waals surface area contributed by atoms with Crippen molar-refractivity contribution in [1.29, 1.82) is 0 Å². The van der Waals surface area contributed by atoms with Gasteiger partial charge in [0, 0.05) is 9.80 Å². The topological polar surface area (TPSA) is 0 Å². The molecule has 0 nitrogen and oxygen atoms in total. The number of benzene rings is 2. The molecule has 0 unspecified atom stereocenters. The lowest BCUT2D eigenvalue weighted by Gasteiger charge is -2.15. The fourth-order valence-corrected chi connectivity index (χ4v) is 4.41. The van der Waals surface area contributed by atoms with Crippen LogP contribution in [0.1, 0.15) is 41.5 Å². The van der Waals surface area contributed by atoms with Crippen LogP contribution in [-0.4, -0.2) is 0 Å². The van der Waals surface area contributed by atoms with Gasteiger partial charge >= 0.3 is 0 Å². The molecule has 1 heteroatoms. The summed E-state index contributed by atoms with van der Waals surface area (Å²) in [5, 5.41) is 0. The summed E-state index contributed by atoms with van der Waals surface area (Å²) in [6, 6.07) is 15.5. The Morgan fingerprint density at radius 1 is 0.923 bits per heavy atom. The van der Waals surface area contributed by atoms with Crippen molar-refractivity contribution < 1.29 is 0 Å². The van der Waals surface area contributed by atoms with Crippen LogP contribution in [0.4, 0.5) is 0 Å². The van der Waals surface area contributed by atoms with Crippen molar-refractivity contribution in [2.24, 2.45) is 0 Å². The molecular weight excluding hydrogens is 332 g/mol. The van der Waals surface area contributed by atoms with Crippen molar-refractivity contribution in [3.8, 4) is 0 Å². The average molecular weight is 361 g/mol. The molecule has 26 heavy (non-hydrogen) atoms. The van der Waals surface area contributed by atoms with E-state index in [1.54, 1.807) is 0 Å². The first-order valence-electron chi connectivity index (χ1n) is 9.59. The second kappa shape index (κ2) is 9.64. The molecule has 0 fully saturated rings. The summed E-state index contributed by atoms with van der Waals surface area (Å²) in [5.41, 5.74) is 5.81. The summed E-state index contributed by atoms with van der Waals surface area (Å²) in [5.74, 6) is 0. The fourth-order valence-electron chi connectivity index (χ4n) is 3.43. The zero-order valence-corrected chi connectivity index (χ0v) is 16.5. The van der Waals surface area contributed by atoms with E-state index in [0.29, 0.717) is 0 Å². The average Bonchev–Trinajstić information content (AvgIpc) is 2.74. The number of thioether (sulfide) groups is 1. The number of allylic oxidation sites excluding steroid dienone is 4. The van der Waals surface area contributed by atoms with Gasteiger partial charge in [0.1, 0.15) is 0 Å². The maximum Gasteiger partial charge on any atom is 0.0189 e. The highest BCUT2D eigenvalue weighted by Gasteiger charge is 2.11. The monoisotopic (exact) mass is 360 g/mol. The van der Waals surface area contributed by atoms with Crippen LogP contribution < -0.4 is 0 Å². The molecule has 1 heterocycles. The highest BCUT2D eigenvalue weighted by molar-refractivity contribution is 8.03. The quantitative estimate of drug-likeness (QED) is 0.490. The minimum Gasteiger partial charge on any atom is -0.0901 e. The normalized spacial score (nSPS) is 16.3. The molecule has 1 aliphatic rings. The zero-order chi connectivity index (χ0) is 18.2. The Morgan fingerprint density at radius 2 is 1.73 bits per heavy atom. The summed E-state index contributed by atoms with van der Waals surface area (Å²) in [4.78, 5) is 2.52. The second-order valence-corrected chi connectivity index (χ2v) is 8.08. The van der Waals surface area contributed by atoms with E-state index in [2.05, 4.69) is 80.3 Å². The third kappa shape index (κ3) is 5.25. The molecule has 0 saturated heterocycles. The molecule has 3 rings (SSSR count). The maximum absolute atomic E-state index is 4.18. The summed E-state index contributed by atoms with van der Waals surface area (Å²) in [6.45, 7) is 6.47. The fraction of sp³-hybridized carbons (Fsp3) is 0.280. The molecule has 2 aromatic carbocycles. The van der Waals surface area contributed by atoms with E-state index in [1.807, 2.05) is 11.8 Å².